The van der Waals surface area contributed by atoms with E-state index in [2.05, 4.69) is 16.6 Å². The van der Waals surface area contributed by atoms with Gasteiger partial charge in [0.2, 0.25) is 5.95 Å². The van der Waals surface area contributed by atoms with Crippen molar-refractivity contribution in [2.24, 2.45) is 4.99 Å². The highest BCUT2D eigenvalue weighted by Crippen LogP contribution is 2.11. The number of imidazole rings is 1. The van der Waals surface area contributed by atoms with E-state index in [1.54, 1.807) is 12.4 Å². The molecule has 0 fully saturated rings. The van der Waals surface area contributed by atoms with Crippen LogP contribution in [0.3, 0.4) is 0 Å². The van der Waals surface area contributed by atoms with Crippen molar-refractivity contribution in [1.82, 2.24) is 9.55 Å². The third-order valence-corrected chi connectivity index (χ3v) is 1.79. The Bertz CT molecular complexity index is 313. The third-order valence-electron chi connectivity index (χ3n) is 1.79. The molecule has 0 spiro atoms. The van der Waals surface area contributed by atoms with Gasteiger partial charge in [0, 0.05) is 25.1 Å². The molecule has 62 valence electrons. The lowest BCUT2D eigenvalue weighted by Gasteiger charge is -2.12. The van der Waals surface area contributed by atoms with Gasteiger partial charge >= 0.3 is 0 Å². The van der Waals surface area contributed by atoms with E-state index < -0.39 is 0 Å². The van der Waals surface area contributed by atoms with Gasteiger partial charge in [-0.15, -0.1) is 0 Å². The molecule has 0 saturated heterocycles. The highest BCUT2D eigenvalue weighted by molar-refractivity contribution is 5.78. The summed E-state index contributed by atoms with van der Waals surface area (Å²) in [6.45, 7) is 5.45. The molecular weight excluding hydrogens is 152 g/mol. The van der Waals surface area contributed by atoms with Crippen LogP contribution < -0.4 is 4.90 Å². The predicted octanol–water partition coefficient (Wildman–Crippen LogP) is 0.832. The number of aromatic nitrogens is 2. The zero-order chi connectivity index (χ0) is 8.39. The second-order valence-corrected chi connectivity index (χ2v) is 2.53. The highest BCUT2D eigenvalue weighted by atomic mass is 15.3. The Balaban J connectivity index is 2.31. The Hall–Kier alpha value is -1.58. The zero-order valence-corrected chi connectivity index (χ0v) is 6.72. The molecule has 1 aliphatic heterocycles. The minimum Gasteiger partial charge on any atom is -0.301 e. The van der Waals surface area contributed by atoms with E-state index in [0.29, 0.717) is 0 Å². The first-order valence-electron chi connectivity index (χ1n) is 3.84. The fraction of sp³-hybridized carbons (Fsp3) is 0.250. The van der Waals surface area contributed by atoms with Gasteiger partial charge in [0.05, 0.1) is 12.9 Å². The fourth-order valence-corrected chi connectivity index (χ4v) is 1.20. The molecule has 1 aromatic heterocycles. The number of rotatable bonds is 2. The first-order valence-corrected chi connectivity index (χ1v) is 3.84. The van der Waals surface area contributed by atoms with Crippen LogP contribution in [-0.4, -0.2) is 29.0 Å². The van der Waals surface area contributed by atoms with E-state index in [1.165, 1.54) is 0 Å². The smallest absolute Gasteiger partial charge is 0.214 e. The van der Waals surface area contributed by atoms with Crippen molar-refractivity contribution in [1.29, 1.82) is 0 Å². The normalized spacial score (nSPS) is 15.5. The van der Waals surface area contributed by atoms with Crippen molar-refractivity contribution in [3.8, 4) is 0 Å². The summed E-state index contributed by atoms with van der Waals surface area (Å²) in [7, 11) is 0. The molecule has 0 atom stereocenters. The van der Waals surface area contributed by atoms with Crippen molar-refractivity contribution in [2.75, 3.05) is 18.0 Å². The standard InChI is InChI=1S/C8H10N4/c1-2-11-6-4-10-8(11)12-5-3-9-7-12/h2,4,6-7H,1,3,5H2. The maximum absolute atomic E-state index is 4.20. The lowest BCUT2D eigenvalue weighted by Crippen LogP contribution is -2.21. The second kappa shape index (κ2) is 2.81. The van der Waals surface area contributed by atoms with Crippen LogP contribution in [0.15, 0.2) is 24.0 Å². The van der Waals surface area contributed by atoms with Gasteiger partial charge in [0.15, 0.2) is 0 Å². The Kier molecular flexibility index (Phi) is 1.66. The van der Waals surface area contributed by atoms with E-state index in [0.717, 1.165) is 19.0 Å². The molecule has 0 N–H and O–H groups in total. The van der Waals surface area contributed by atoms with Crippen LogP contribution in [-0.2, 0) is 0 Å². The summed E-state index contributed by atoms with van der Waals surface area (Å²) in [5.41, 5.74) is 0. The van der Waals surface area contributed by atoms with Gasteiger partial charge in [0.1, 0.15) is 0 Å². The Labute approximate surface area is 70.9 Å². The van der Waals surface area contributed by atoms with Crippen molar-refractivity contribution >= 4 is 18.5 Å². The molecule has 4 heteroatoms. The van der Waals surface area contributed by atoms with Crippen LogP contribution in [0.4, 0.5) is 5.95 Å². The van der Waals surface area contributed by atoms with E-state index in [4.69, 9.17) is 0 Å². The molecule has 1 aliphatic rings. The molecular formula is C8H10N4. The molecule has 2 rings (SSSR count). The summed E-state index contributed by atoms with van der Waals surface area (Å²) in [6.07, 6.45) is 7.16. The summed E-state index contributed by atoms with van der Waals surface area (Å²) in [5.74, 6) is 0.881. The van der Waals surface area contributed by atoms with Gasteiger partial charge < -0.3 is 4.90 Å². The average Bonchev–Trinajstić information content (AvgIpc) is 2.74. The number of hydrogen-bond donors (Lipinski definition) is 0. The van der Waals surface area contributed by atoms with Crippen LogP contribution >= 0.6 is 0 Å². The van der Waals surface area contributed by atoms with Gasteiger partial charge in [-0.25, -0.2) is 4.98 Å². The van der Waals surface area contributed by atoms with Gasteiger partial charge in [-0.1, -0.05) is 6.58 Å². The highest BCUT2D eigenvalue weighted by Gasteiger charge is 2.11. The minimum atomic E-state index is 0.851. The Morgan fingerprint density at radius 2 is 2.50 bits per heavy atom. The number of anilines is 1. The quantitative estimate of drug-likeness (QED) is 0.645. The monoisotopic (exact) mass is 162 g/mol. The molecule has 0 saturated carbocycles. The van der Waals surface area contributed by atoms with E-state index in [9.17, 15) is 0 Å². The van der Waals surface area contributed by atoms with Gasteiger partial charge in [0.25, 0.3) is 0 Å². The molecule has 1 aromatic rings. The van der Waals surface area contributed by atoms with E-state index in [1.807, 2.05) is 22.0 Å². The zero-order valence-electron chi connectivity index (χ0n) is 6.72. The molecule has 0 amide bonds. The van der Waals surface area contributed by atoms with E-state index in [-0.39, 0.29) is 0 Å². The van der Waals surface area contributed by atoms with Crippen LogP contribution in [0.5, 0.6) is 0 Å². The maximum Gasteiger partial charge on any atom is 0.214 e. The second-order valence-electron chi connectivity index (χ2n) is 2.53. The molecule has 0 aromatic carbocycles. The topological polar surface area (TPSA) is 33.4 Å². The van der Waals surface area contributed by atoms with Gasteiger partial charge in [-0.3, -0.25) is 9.56 Å². The molecule has 0 aliphatic carbocycles. The first kappa shape index (κ1) is 7.09. The fourth-order valence-electron chi connectivity index (χ4n) is 1.20. The van der Waals surface area contributed by atoms with Crippen LogP contribution in [0.1, 0.15) is 0 Å². The molecule has 2 heterocycles. The van der Waals surface area contributed by atoms with Crippen molar-refractivity contribution in [3.05, 3.63) is 19.0 Å². The van der Waals surface area contributed by atoms with E-state index >= 15 is 0 Å². The lowest BCUT2D eigenvalue weighted by atomic mass is 10.6. The number of nitrogens with zero attached hydrogens (tertiary/aromatic N) is 4. The molecule has 4 nitrogen and oxygen atoms in total. The average molecular weight is 162 g/mol. The summed E-state index contributed by atoms with van der Waals surface area (Å²) < 4.78 is 1.87. The van der Waals surface area contributed by atoms with Crippen LogP contribution in [0.25, 0.3) is 6.20 Å². The molecule has 0 bridgehead atoms. The molecule has 0 unspecified atom stereocenters. The number of aliphatic imine (C=N–C) groups is 1. The maximum atomic E-state index is 4.20. The Morgan fingerprint density at radius 1 is 1.58 bits per heavy atom. The van der Waals surface area contributed by atoms with Crippen LogP contribution in [0.2, 0.25) is 0 Å². The minimum absolute atomic E-state index is 0.851. The summed E-state index contributed by atoms with van der Waals surface area (Å²) in [6, 6.07) is 0. The van der Waals surface area contributed by atoms with Gasteiger partial charge in [-0.2, -0.15) is 0 Å². The molecule has 0 radical (unpaired) electrons. The van der Waals surface area contributed by atoms with Crippen LogP contribution in [0, 0.1) is 0 Å². The predicted molar refractivity (Wildman–Crippen MR) is 49.3 cm³/mol. The summed E-state index contributed by atoms with van der Waals surface area (Å²) >= 11 is 0. The summed E-state index contributed by atoms with van der Waals surface area (Å²) in [5, 5.41) is 0. The molecule has 12 heavy (non-hydrogen) atoms. The van der Waals surface area contributed by atoms with Gasteiger partial charge in [-0.05, 0) is 0 Å². The SMILES string of the molecule is C=Cn1ccnc1N1C=NCC1. The third kappa shape index (κ3) is 1.01. The first-order chi connectivity index (χ1) is 5.92. The summed E-state index contributed by atoms with van der Waals surface area (Å²) in [4.78, 5) is 10.3. The lowest BCUT2D eigenvalue weighted by molar-refractivity contribution is 0.961. The van der Waals surface area contributed by atoms with Crippen molar-refractivity contribution < 1.29 is 0 Å². The largest absolute Gasteiger partial charge is 0.301 e. The van der Waals surface area contributed by atoms with Crippen molar-refractivity contribution in [2.45, 2.75) is 0 Å². The van der Waals surface area contributed by atoms with Crippen molar-refractivity contribution in [3.63, 3.8) is 0 Å². The Morgan fingerprint density at radius 3 is 3.17 bits per heavy atom. The number of hydrogen-bond acceptors (Lipinski definition) is 3.